The molecular weight excluding hydrogens is 198 g/mol. The van der Waals surface area contributed by atoms with Crippen LogP contribution in [0.5, 0.6) is 0 Å². The minimum absolute atomic E-state index is 0.328. The average molecular weight is 207 g/mol. The number of ether oxygens (including phenoxy) is 1. The fourth-order valence-corrected chi connectivity index (χ4v) is 2.07. The van der Waals surface area contributed by atoms with Crippen molar-refractivity contribution in [2.45, 2.75) is 6.92 Å². The summed E-state index contributed by atoms with van der Waals surface area (Å²) in [7, 11) is 1.38. The summed E-state index contributed by atoms with van der Waals surface area (Å²) in [6.45, 7) is 1.81. The molecule has 0 aliphatic carbocycles. The number of carbonyl (C=O) groups is 1. The summed E-state index contributed by atoms with van der Waals surface area (Å²) in [6.07, 6.45) is 0. The Labute approximate surface area is 85.3 Å². The predicted molar refractivity (Wildman–Crippen MR) is 55.7 cm³/mol. The monoisotopic (exact) mass is 207 g/mol. The molecule has 4 heteroatoms. The summed E-state index contributed by atoms with van der Waals surface area (Å²) in [5, 5.41) is 1.96. The summed E-state index contributed by atoms with van der Waals surface area (Å²) in [6, 6.07) is 3.77. The molecule has 0 saturated heterocycles. The Kier molecular flexibility index (Phi) is 2.21. The van der Waals surface area contributed by atoms with Crippen LogP contribution in [0.4, 0.5) is 0 Å². The number of aromatic nitrogens is 1. The Morgan fingerprint density at radius 2 is 2.36 bits per heavy atom. The van der Waals surface area contributed by atoms with E-state index in [0.717, 1.165) is 10.2 Å². The molecule has 0 fully saturated rings. The summed E-state index contributed by atoms with van der Waals surface area (Å²) < 4.78 is 5.68. The Morgan fingerprint density at radius 3 is 3.07 bits per heavy atom. The first kappa shape index (κ1) is 9.15. The summed E-state index contributed by atoms with van der Waals surface area (Å²) in [5.74, 6) is -0.328. The first-order valence-corrected chi connectivity index (χ1v) is 5.03. The van der Waals surface area contributed by atoms with Gasteiger partial charge in [0.15, 0.2) is 0 Å². The van der Waals surface area contributed by atoms with Crippen molar-refractivity contribution in [3.63, 3.8) is 0 Å². The zero-order chi connectivity index (χ0) is 10.1. The van der Waals surface area contributed by atoms with E-state index in [4.69, 9.17) is 0 Å². The number of thiophene rings is 1. The molecule has 0 saturated carbocycles. The zero-order valence-corrected chi connectivity index (χ0v) is 8.72. The van der Waals surface area contributed by atoms with Crippen LogP contribution in [0.3, 0.4) is 0 Å². The van der Waals surface area contributed by atoms with Crippen molar-refractivity contribution >= 4 is 27.5 Å². The third-order valence-corrected chi connectivity index (χ3v) is 2.89. The SMILES string of the molecule is COC(=O)c1cc2sccc2nc1C. The van der Waals surface area contributed by atoms with Gasteiger partial charge in [0.05, 0.1) is 28.6 Å². The molecule has 0 radical (unpaired) electrons. The number of aryl methyl sites for hydroxylation is 1. The van der Waals surface area contributed by atoms with Gasteiger partial charge in [0, 0.05) is 0 Å². The molecule has 2 aromatic heterocycles. The zero-order valence-electron chi connectivity index (χ0n) is 7.90. The van der Waals surface area contributed by atoms with Crippen molar-refractivity contribution < 1.29 is 9.53 Å². The van der Waals surface area contributed by atoms with E-state index in [1.807, 2.05) is 24.4 Å². The topological polar surface area (TPSA) is 39.2 Å². The average Bonchev–Trinajstić information content (AvgIpc) is 2.62. The van der Waals surface area contributed by atoms with Crippen molar-refractivity contribution in [2.24, 2.45) is 0 Å². The van der Waals surface area contributed by atoms with E-state index >= 15 is 0 Å². The predicted octanol–water partition coefficient (Wildman–Crippen LogP) is 2.39. The standard InChI is InChI=1S/C10H9NO2S/c1-6-7(10(12)13-2)5-9-8(11-6)3-4-14-9/h3-5H,1-2H3. The van der Waals surface area contributed by atoms with Crippen LogP contribution in [-0.2, 0) is 4.74 Å². The van der Waals surface area contributed by atoms with E-state index in [-0.39, 0.29) is 5.97 Å². The van der Waals surface area contributed by atoms with Crippen molar-refractivity contribution in [3.8, 4) is 0 Å². The number of hydrogen-bond acceptors (Lipinski definition) is 4. The van der Waals surface area contributed by atoms with E-state index in [9.17, 15) is 4.79 Å². The molecule has 0 amide bonds. The van der Waals surface area contributed by atoms with Crippen LogP contribution in [0.15, 0.2) is 17.5 Å². The quantitative estimate of drug-likeness (QED) is 0.674. The number of hydrogen-bond donors (Lipinski definition) is 0. The highest BCUT2D eigenvalue weighted by molar-refractivity contribution is 7.17. The molecule has 0 aliphatic rings. The first-order chi connectivity index (χ1) is 6.72. The second kappa shape index (κ2) is 3.38. The van der Waals surface area contributed by atoms with Crippen LogP contribution in [0.1, 0.15) is 16.1 Å². The van der Waals surface area contributed by atoms with E-state index in [0.29, 0.717) is 11.3 Å². The molecule has 0 bridgehead atoms. The maximum atomic E-state index is 11.3. The van der Waals surface area contributed by atoms with Gasteiger partial charge < -0.3 is 4.74 Å². The van der Waals surface area contributed by atoms with Crippen LogP contribution in [0.2, 0.25) is 0 Å². The van der Waals surface area contributed by atoms with Gasteiger partial charge in [-0.15, -0.1) is 11.3 Å². The molecular formula is C10H9NO2S. The van der Waals surface area contributed by atoms with Gasteiger partial charge in [-0.3, -0.25) is 4.98 Å². The molecule has 0 atom stereocenters. The number of fused-ring (bicyclic) bond motifs is 1. The lowest BCUT2D eigenvalue weighted by molar-refractivity contribution is 0.0599. The van der Waals surface area contributed by atoms with Gasteiger partial charge in [-0.1, -0.05) is 0 Å². The van der Waals surface area contributed by atoms with Crippen molar-refractivity contribution in [2.75, 3.05) is 7.11 Å². The van der Waals surface area contributed by atoms with Gasteiger partial charge in [0.1, 0.15) is 0 Å². The molecule has 3 nitrogen and oxygen atoms in total. The number of nitrogens with zero attached hydrogens (tertiary/aromatic N) is 1. The first-order valence-electron chi connectivity index (χ1n) is 4.15. The second-order valence-corrected chi connectivity index (χ2v) is 3.86. The minimum atomic E-state index is -0.328. The van der Waals surface area contributed by atoms with Crippen LogP contribution >= 0.6 is 11.3 Å². The highest BCUT2D eigenvalue weighted by Gasteiger charge is 2.11. The third kappa shape index (κ3) is 1.37. The lowest BCUT2D eigenvalue weighted by Crippen LogP contribution is -2.04. The molecule has 0 spiro atoms. The largest absolute Gasteiger partial charge is 0.465 e. The van der Waals surface area contributed by atoms with Crippen LogP contribution in [0.25, 0.3) is 10.2 Å². The lowest BCUT2D eigenvalue weighted by atomic mass is 10.2. The smallest absolute Gasteiger partial charge is 0.339 e. The molecule has 0 aliphatic heterocycles. The van der Waals surface area contributed by atoms with Crippen molar-refractivity contribution in [1.29, 1.82) is 0 Å². The van der Waals surface area contributed by atoms with E-state index in [1.165, 1.54) is 7.11 Å². The molecule has 14 heavy (non-hydrogen) atoms. The fraction of sp³-hybridized carbons (Fsp3) is 0.200. The Bertz CT molecular complexity index is 490. The van der Waals surface area contributed by atoms with Crippen molar-refractivity contribution in [1.82, 2.24) is 4.98 Å². The molecule has 2 aromatic rings. The molecule has 0 aromatic carbocycles. The summed E-state index contributed by atoms with van der Waals surface area (Å²) >= 11 is 1.57. The number of rotatable bonds is 1. The lowest BCUT2D eigenvalue weighted by Gasteiger charge is -2.02. The van der Waals surface area contributed by atoms with E-state index in [1.54, 1.807) is 11.3 Å². The number of methoxy groups -OCH3 is 1. The van der Waals surface area contributed by atoms with Gasteiger partial charge in [0.2, 0.25) is 0 Å². The van der Waals surface area contributed by atoms with Crippen LogP contribution < -0.4 is 0 Å². The van der Waals surface area contributed by atoms with Gasteiger partial charge in [0.25, 0.3) is 0 Å². The fourth-order valence-electron chi connectivity index (χ4n) is 1.31. The maximum Gasteiger partial charge on any atom is 0.339 e. The molecule has 72 valence electrons. The molecule has 0 N–H and O–H groups in total. The number of esters is 1. The Hall–Kier alpha value is -1.42. The molecule has 0 unspecified atom stereocenters. The van der Waals surface area contributed by atoms with E-state index in [2.05, 4.69) is 9.72 Å². The van der Waals surface area contributed by atoms with Crippen LogP contribution in [0, 0.1) is 6.92 Å². The normalized spacial score (nSPS) is 10.4. The van der Waals surface area contributed by atoms with Gasteiger partial charge >= 0.3 is 5.97 Å². The number of carbonyl (C=O) groups excluding carboxylic acids is 1. The second-order valence-electron chi connectivity index (χ2n) is 2.92. The Balaban J connectivity index is 2.64. The highest BCUT2D eigenvalue weighted by Crippen LogP contribution is 2.22. The maximum absolute atomic E-state index is 11.3. The number of pyridine rings is 1. The van der Waals surface area contributed by atoms with Crippen molar-refractivity contribution in [3.05, 3.63) is 28.8 Å². The highest BCUT2D eigenvalue weighted by atomic mass is 32.1. The Morgan fingerprint density at radius 1 is 1.57 bits per heavy atom. The minimum Gasteiger partial charge on any atom is -0.465 e. The van der Waals surface area contributed by atoms with Crippen LogP contribution in [-0.4, -0.2) is 18.1 Å². The molecule has 2 rings (SSSR count). The summed E-state index contributed by atoms with van der Waals surface area (Å²) in [4.78, 5) is 15.7. The third-order valence-electron chi connectivity index (χ3n) is 2.03. The van der Waals surface area contributed by atoms with Gasteiger partial charge in [-0.2, -0.15) is 0 Å². The molecule has 2 heterocycles. The summed E-state index contributed by atoms with van der Waals surface area (Å²) in [5.41, 5.74) is 2.19. The van der Waals surface area contributed by atoms with E-state index < -0.39 is 0 Å². The van der Waals surface area contributed by atoms with Gasteiger partial charge in [-0.25, -0.2) is 4.79 Å². The van der Waals surface area contributed by atoms with Gasteiger partial charge in [-0.05, 0) is 24.4 Å².